The number of carbonyl (C=O) groups is 2. The Morgan fingerprint density at radius 1 is 1.42 bits per heavy atom. The highest BCUT2D eigenvalue weighted by atomic mass is 16.6. The molecular formula is C12H14N2O5. The van der Waals surface area contributed by atoms with Crippen molar-refractivity contribution in [2.45, 2.75) is 25.8 Å². The standard InChI is InChI=1S/C12H14N2O5/c1-2-5-9(12(16)17)13-11(15)8-6-3-4-7-10(8)14(18)19/h3-4,6-7,9H,2,5H2,1H3,(H,13,15)(H,16,17)/t9-/m1/s1. The fourth-order valence-electron chi connectivity index (χ4n) is 1.61. The smallest absolute Gasteiger partial charge is 0.326 e. The van der Waals surface area contributed by atoms with E-state index in [9.17, 15) is 19.7 Å². The van der Waals surface area contributed by atoms with Crippen molar-refractivity contribution < 1.29 is 19.6 Å². The van der Waals surface area contributed by atoms with Crippen LogP contribution in [-0.4, -0.2) is 27.9 Å². The third-order valence-electron chi connectivity index (χ3n) is 2.53. The molecule has 2 N–H and O–H groups in total. The lowest BCUT2D eigenvalue weighted by Crippen LogP contribution is -2.40. The average Bonchev–Trinajstić information content (AvgIpc) is 2.37. The Balaban J connectivity index is 2.94. The minimum absolute atomic E-state index is 0.144. The summed E-state index contributed by atoms with van der Waals surface area (Å²) in [4.78, 5) is 32.9. The van der Waals surface area contributed by atoms with Crippen LogP contribution in [0, 0.1) is 10.1 Å². The number of para-hydroxylation sites is 1. The van der Waals surface area contributed by atoms with E-state index in [-0.39, 0.29) is 17.7 Å². The predicted molar refractivity (Wildman–Crippen MR) is 66.9 cm³/mol. The molecule has 0 unspecified atom stereocenters. The van der Waals surface area contributed by atoms with E-state index in [2.05, 4.69) is 5.32 Å². The number of carboxylic acids is 1. The minimum Gasteiger partial charge on any atom is -0.480 e. The lowest BCUT2D eigenvalue weighted by molar-refractivity contribution is -0.385. The first-order chi connectivity index (χ1) is 8.97. The number of benzene rings is 1. The second kappa shape index (κ2) is 6.48. The number of rotatable bonds is 6. The van der Waals surface area contributed by atoms with Gasteiger partial charge in [-0.1, -0.05) is 25.5 Å². The van der Waals surface area contributed by atoms with Crippen LogP contribution >= 0.6 is 0 Å². The molecule has 0 saturated heterocycles. The van der Waals surface area contributed by atoms with Gasteiger partial charge in [0, 0.05) is 6.07 Å². The maximum absolute atomic E-state index is 11.9. The van der Waals surface area contributed by atoms with Gasteiger partial charge in [-0.05, 0) is 12.5 Å². The molecule has 1 rings (SSSR count). The highest BCUT2D eigenvalue weighted by molar-refractivity contribution is 5.99. The first kappa shape index (κ1) is 14.6. The molecule has 0 heterocycles. The first-order valence-electron chi connectivity index (χ1n) is 5.74. The Morgan fingerprint density at radius 3 is 2.58 bits per heavy atom. The number of nitrogens with one attached hydrogen (secondary N) is 1. The Bertz CT molecular complexity index is 501. The van der Waals surface area contributed by atoms with Gasteiger partial charge in [0.25, 0.3) is 11.6 Å². The molecule has 19 heavy (non-hydrogen) atoms. The molecule has 7 heteroatoms. The van der Waals surface area contributed by atoms with Crippen LogP contribution in [0.2, 0.25) is 0 Å². The molecule has 1 aromatic carbocycles. The largest absolute Gasteiger partial charge is 0.480 e. The second-order valence-electron chi connectivity index (χ2n) is 3.93. The fraction of sp³-hybridized carbons (Fsp3) is 0.333. The highest BCUT2D eigenvalue weighted by Crippen LogP contribution is 2.17. The Labute approximate surface area is 109 Å². The van der Waals surface area contributed by atoms with Crippen molar-refractivity contribution in [3.63, 3.8) is 0 Å². The van der Waals surface area contributed by atoms with Crippen molar-refractivity contribution in [1.82, 2.24) is 5.32 Å². The highest BCUT2D eigenvalue weighted by Gasteiger charge is 2.24. The van der Waals surface area contributed by atoms with E-state index in [1.54, 1.807) is 6.92 Å². The maximum atomic E-state index is 11.9. The lowest BCUT2D eigenvalue weighted by atomic mass is 10.1. The number of carbonyl (C=O) groups excluding carboxylic acids is 1. The summed E-state index contributed by atoms with van der Waals surface area (Å²) in [5.74, 6) is -1.91. The minimum atomic E-state index is -1.16. The summed E-state index contributed by atoms with van der Waals surface area (Å²) < 4.78 is 0. The summed E-state index contributed by atoms with van der Waals surface area (Å²) in [5, 5.41) is 22.0. The Morgan fingerprint density at radius 2 is 2.05 bits per heavy atom. The number of nitrogens with zero attached hydrogens (tertiary/aromatic N) is 1. The van der Waals surface area contributed by atoms with Gasteiger partial charge in [0.1, 0.15) is 11.6 Å². The number of amides is 1. The van der Waals surface area contributed by atoms with E-state index in [4.69, 9.17) is 5.11 Å². The van der Waals surface area contributed by atoms with Gasteiger partial charge < -0.3 is 10.4 Å². The summed E-state index contributed by atoms with van der Waals surface area (Å²) in [6.07, 6.45) is 0.843. The van der Waals surface area contributed by atoms with E-state index < -0.39 is 22.8 Å². The molecular weight excluding hydrogens is 252 g/mol. The van der Waals surface area contributed by atoms with E-state index >= 15 is 0 Å². The zero-order chi connectivity index (χ0) is 14.4. The summed E-state index contributed by atoms with van der Waals surface area (Å²) in [7, 11) is 0. The zero-order valence-electron chi connectivity index (χ0n) is 10.3. The summed E-state index contributed by atoms with van der Waals surface area (Å²) >= 11 is 0. The molecule has 0 saturated carbocycles. The average molecular weight is 266 g/mol. The Kier molecular flexibility index (Phi) is 4.99. The van der Waals surface area contributed by atoms with E-state index in [1.807, 2.05) is 0 Å². The SMILES string of the molecule is CCC[C@@H](NC(=O)c1ccccc1[N+](=O)[O-])C(=O)O. The molecule has 0 aliphatic heterocycles. The van der Waals surface area contributed by atoms with Crippen LogP contribution < -0.4 is 5.32 Å². The van der Waals surface area contributed by atoms with Crippen LogP contribution in [0.5, 0.6) is 0 Å². The quantitative estimate of drug-likeness (QED) is 0.600. The van der Waals surface area contributed by atoms with Gasteiger partial charge in [-0.2, -0.15) is 0 Å². The van der Waals surface area contributed by atoms with Crippen molar-refractivity contribution in [3.05, 3.63) is 39.9 Å². The number of aliphatic carboxylic acids is 1. The van der Waals surface area contributed by atoms with Gasteiger partial charge in [0.05, 0.1) is 4.92 Å². The second-order valence-corrected chi connectivity index (χ2v) is 3.93. The topological polar surface area (TPSA) is 110 Å². The molecule has 1 amide bonds. The van der Waals surface area contributed by atoms with Crippen LogP contribution in [0.1, 0.15) is 30.1 Å². The Hall–Kier alpha value is -2.44. The van der Waals surface area contributed by atoms with E-state index in [0.29, 0.717) is 6.42 Å². The summed E-state index contributed by atoms with van der Waals surface area (Å²) in [5.41, 5.74) is -0.490. The van der Waals surface area contributed by atoms with Gasteiger partial charge in [-0.3, -0.25) is 14.9 Å². The maximum Gasteiger partial charge on any atom is 0.326 e. The molecule has 0 spiro atoms. The van der Waals surface area contributed by atoms with Crippen molar-refractivity contribution in [2.75, 3.05) is 0 Å². The molecule has 0 aromatic heterocycles. The summed E-state index contributed by atoms with van der Waals surface area (Å²) in [6.45, 7) is 1.78. The summed E-state index contributed by atoms with van der Waals surface area (Å²) in [6, 6.07) is 4.37. The van der Waals surface area contributed by atoms with Gasteiger partial charge >= 0.3 is 5.97 Å². The van der Waals surface area contributed by atoms with Crippen molar-refractivity contribution >= 4 is 17.6 Å². The van der Waals surface area contributed by atoms with Crippen molar-refractivity contribution in [1.29, 1.82) is 0 Å². The number of nitro groups is 1. The third kappa shape index (κ3) is 3.77. The van der Waals surface area contributed by atoms with Crippen LogP contribution in [0.25, 0.3) is 0 Å². The molecule has 1 atom stereocenters. The third-order valence-corrected chi connectivity index (χ3v) is 2.53. The van der Waals surface area contributed by atoms with Crippen molar-refractivity contribution in [2.24, 2.45) is 0 Å². The van der Waals surface area contributed by atoms with Gasteiger partial charge in [-0.15, -0.1) is 0 Å². The van der Waals surface area contributed by atoms with Crippen LogP contribution in [0.4, 0.5) is 5.69 Å². The number of hydrogen-bond donors (Lipinski definition) is 2. The van der Waals surface area contributed by atoms with Crippen LogP contribution in [0.3, 0.4) is 0 Å². The molecule has 1 aromatic rings. The van der Waals surface area contributed by atoms with Gasteiger partial charge in [0.15, 0.2) is 0 Å². The van der Waals surface area contributed by atoms with Crippen molar-refractivity contribution in [3.8, 4) is 0 Å². The number of carboxylic acid groups (broad SMARTS) is 1. The lowest BCUT2D eigenvalue weighted by Gasteiger charge is -2.13. The molecule has 0 aliphatic rings. The number of hydrogen-bond acceptors (Lipinski definition) is 4. The molecule has 102 valence electrons. The number of nitro benzene ring substituents is 1. The molecule has 0 bridgehead atoms. The van der Waals surface area contributed by atoms with E-state index in [0.717, 1.165) is 0 Å². The molecule has 0 aliphatic carbocycles. The zero-order valence-corrected chi connectivity index (χ0v) is 10.3. The van der Waals surface area contributed by atoms with E-state index in [1.165, 1.54) is 24.3 Å². The van der Waals surface area contributed by atoms with Gasteiger partial charge in [0.2, 0.25) is 0 Å². The first-order valence-corrected chi connectivity index (χ1v) is 5.74. The molecule has 0 radical (unpaired) electrons. The van der Waals surface area contributed by atoms with Gasteiger partial charge in [-0.25, -0.2) is 4.79 Å². The normalized spacial score (nSPS) is 11.6. The monoisotopic (exact) mass is 266 g/mol. The fourth-order valence-corrected chi connectivity index (χ4v) is 1.61. The molecule has 7 nitrogen and oxygen atoms in total. The molecule has 0 fully saturated rings. The van der Waals surface area contributed by atoms with Crippen LogP contribution in [0.15, 0.2) is 24.3 Å². The predicted octanol–water partition coefficient (Wildman–Crippen LogP) is 1.58. The van der Waals surface area contributed by atoms with Crippen LogP contribution in [-0.2, 0) is 4.79 Å².